The van der Waals surface area contributed by atoms with E-state index in [-0.39, 0.29) is 22.9 Å². The van der Waals surface area contributed by atoms with E-state index >= 15 is 0 Å². The van der Waals surface area contributed by atoms with Crippen molar-refractivity contribution < 1.29 is 19.4 Å². The Bertz CT molecular complexity index is 1680. The van der Waals surface area contributed by atoms with Crippen LogP contribution in [0.1, 0.15) is 61.6 Å². The molecule has 3 heterocycles. The number of ether oxygens (including phenoxy) is 1. The molecule has 0 radical (unpaired) electrons. The van der Waals surface area contributed by atoms with Gasteiger partial charge in [0.1, 0.15) is 17.6 Å². The summed E-state index contributed by atoms with van der Waals surface area (Å²) in [5.74, 6) is -0.841. The molecule has 1 fully saturated rings. The number of anilines is 1. The normalized spacial score (nSPS) is 20.5. The Morgan fingerprint density at radius 3 is 2.51 bits per heavy atom. The Balaban J connectivity index is 1.53. The number of carbonyl (C=O) groups excluding carboxylic acids is 2. The molecule has 1 N–H and O–H groups in total. The van der Waals surface area contributed by atoms with Crippen molar-refractivity contribution >= 4 is 44.1 Å². The molecule has 0 saturated carbocycles. The Hall–Kier alpha value is -3.97. The van der Waals surface area contributed by atoms with Gasteiger partial charge in [-0.05, 0) is 71.8 Å². The molecule has 4 aromatic rings. The number of nitrogens with zero attached hydrogens (tertiary/aromatic N) is 2. The van der Waals surface area contributed by atoms with Crippen LogP contribution >= 0.6 is 11.3 Å². The monoisotopic (exact) mass is 538 g/mol. The fourth-order valence-electron chi connectivity index (χ4n) is 5.36. The van der Waals surface area contributed by atoms with Crippen molar-refractivity contribution in [3.8, 4) is 5.75 Å². The number of amides is 1. The van der Waals surface area contributed by atoms with Crippen LogP contribution in [0.3, 0.4) is 0 Å². The molecule has 2 aliphatic rings. The molecule has 7 heteroatoms. The molecule has 39 heavy (non-hydrogen) atoms. The summed E-state index contributed by atoms with van der Waals surface area (Å²) in [6.07, 6.45) is 0.764. The highest BCUT2D eigenvalue weighted by molar-refractivity contribution is 7.22. The first-order valence-electron chi connectivity index (χ1n) is 13.1. The second-order valence-corrected chi connectivity index (χ2v) is 12.5. The summed E-state index contributed by atoms with van der Waals surface area (Å²) < 4.78 is 6.74. The van der Waals surface area contributed by atoms with Gasteiger partial charge in [-0.2, -0.15) is 0 Å². The average Bonchev–Trinajstić information content (AvgIpc) is 3.55. The molecular formula is C32H30N2O4S. The Morgan fingerprint density at radius 1 is 1.05 bits per heavy atom. The lowest BCUT2D eigenvalue weighted by atomic mass is 9.85. The number of carbonyl (C=O) groups is 2. The fourth-order valence-corrected chi connectivity index (χ4v) is 6.45. The van der Waals surface area contributed by atoms with Crippen molar-refractivity contribution in [2.45, 2.75) is 58.6 Å². The molecule has 0 aliphatic carbocycles. The summed E-state index contributed by atoms with van der Waals surface area (Å²) in [5, 5.41) is 12.0. The summed E-state index contributed by atoms with van der Waals surface area (Å²) in [7, 11) is 0. The van der Waals surface area contributed by atoms with Gasteiger partial charge in [-0.25, -0.2) is 4.98 Å². The molecule has 2 unspecified atom stereocenters. The highest BCUT2D eigenvalue weighted by Gasteiger charge is 2.48. The first-order valence-corrected chi connectivity index (χ1v) is 13.9. The molecule has 1 saturated heterocycles. The van der Waals surface area contributed by atoms with Gasteiger partial charge in [0, 0.05) is 12.0 Å². The second kappa shape index (κ2) is 9.06. The van der Waals surface area contributed by atoms with Crippen LogP contribution in [-0.2, 0) is 21.4 Å². The summed E-state index contributed by atoms with van der Waals surface area (Å²) in [4.78, 5) is 33.4. The highest BCUT2D eigenvalue weighted by atomic mass is 32.1. The SMILES string of the molecule is Cc1ccc2nc(N3C(=O)C(=O)C(=C(O)c4ccc5c(c4)CC(C)O5)C3c3ccc(C(C)(C)C)cc3)sc2c1. The maximum Gasteiger partial charge on any atom is 0.301 e. The van der Waals surface area contributed by atoms with Crippen molar-refractivity contribution in [2.24, 2.45) is 0 Å². The van der Waals surface area contributed by atoms with Gasteiger partial charge in [0.2, 0.25) is 0 Å². The highest BCUT2D eigenvalue weighted by Crippen LogP contribution is 2.45. The number of aliphatic hydroxyl groups excluding tert-OH is 1. The number of benzene rings is 3. The molecule has 6 nitrogen and oxygen atoms in total. The zero-order valence-corrected chi connectivity index (χ0v) is 23.4. The zero-order chi connectivity index (χ0) is 27.6. The predicted molar refractivity (Wildman–Crippen MR) is 155 cm³/mol. The maximum atomic E-state index is 13.6. The lowest BCUT2D eigenvalue weighted by molar-refractivity contribution is -0.132. The first-order chi connectivity index (χ1) is 18.5. The number of hydrogen-bond acceptors (Lipinski definition) is 6. The molecule has 0 bridgehead atoms. The molecule has 1 amide bonds. The number of Topliss-reactive ketones (excluding diaryl/α,β-unsaturated/α-hetero) is 1. The summed E-state index contributed by atoms with van der Waals surface area (Å²) in [6.45, 7) is 10.4. The lowest BCUT2D eigenvalue weighted by Gasteiger charge is -2.24. The van der Waals surface area contributed by atoms with Gasteiger partial charge in [-0.1, -0.05) is 62.4 Å². The minimum atomic E-state index is -0.816. The van der Waals surface area contributed by atoms with E-state index in [2.05, 4.69) is 20.8 Å². The molecule has 2 atom stereocenters. The second-order valence-electron chi connectivity index (χ2n) is 11.5. The van der Waals surface area contributed by atoms with Crippen molar-refractivity contribution in [2.75, 3.05) is 4.90 Å². The van der Waals surface area contributed by atoms with Crippen LogP contribution in [0.5, 0.6) is 5.75 Å². The van der Waals surface area contributed by atoms with Crippen molar-refractivity contribution in [3.63, 3.8) is 0 Å². The molecule has 2 aliphatic heterocycles. The quantitative estimate of drug-likeness (QED) is 0.175. The van der Waals surface area contributed by atoms with E-state index in [9.17, 15) is 14.7 Å². The molecule has 3 aromatic carbocycles. The van der Waals surface area contributed by atoms with Gasteiger partial charge < -0.3 is 9.84 Å². The number of thiazole rings is 1. The lowest BCUT2D eigenvalue weighted by Crippen LogP contribution is -2.29. The third kappa shape index (κ3) is 4.31. The summed E-state index contributed by atoms with van der Waals surface area (Å²) >= 11 is 1.37. The van der Waals surface area contributed by atoms with Gasteiger partial charge in [0.15, 0.2) is 5.13 Å². The number of fused-ring (bicyclic) bond motifs is 2. The van der Waals surface area contributed by atoms with Crippen LogP contribution in [-0.4, -0.2) is 27.9 Å². The van der Waals surface area contributed by atoms with E-state index < -0.39 is 17.7 Å². The smallest absolute Gasteiger partial charge is 0.301 e. The Kier molecular flexibility index (Phi) is 5.88. The molecule has 198 valence electrons. The van der Waals surface area contributed by atoms with Gasteiger partial charge in [0.05, 0.1) is 21.8 Å². The topological polar surface area (TPSA) is 79.7 Å². The van der Waals surface area contributed by atoms with Crippen LogP contribution in [0.15, 0.2) is 66.2 Å². The van der Waals surface area contributed by atoms with Crippen LogP contribution in [0.2, 0.25) is 0 Å². The van der Waals surface area contributed by atoms with Crippen molar-refractivity contribution in [1.29, 1.82) is 0 Å². The van der Waals surface area contributed by atoms with Crippen molar-refractivity contribution in [3.05, 3.63) is 94.1 Å². The van der Waals surface area contributed by atoms with E-state index in [0.717, 1.165) is 38.2 Å². The molecule has 0 spiro atoms. The third-order valence-electron chi connectivity index (χ3n) is 7.45. The van der Waals surface area contributed by atoms with Gasteiger partial charge in [0.25, 0.3) is 5.78 Å². The van der Waals surface area contributed by atoms with E-state index in [0.29, 0.717) is 17.1 Å². The number of hydrogen-bond donors (Lipinski definition) is 1. The number of aromatic nitrogens is 1. The predicted octanol–water partition coefficient (Wildman–Crippen LogP) is 6.85. The van der Waals surface area contributed by atoms with Crippen molar-refractivity contribution in [1.82, 2.24) is 4.98 Å². The third-order valence-corrected chi connectivity index (χ3v) is 8.46. The Morgan fingerprint density at radius 2 is 1.79 bits per heavy atom. The minimum Gasteiger partial charge on any atom is -0.507 e. The molecular weight excluding hydrogens is 508 g/mol. The van der Waals surface area contributed by atoms with Crippen LogP contribution in [0, 0.1) is 6.92 Å². The van der Waals surface area contributed by atoms with E-state index in [1.54, 1.807) is 6.07 Å². The van der Waals surface area contributed by atoms with Gasteiger partial charge >= 0.3 is 5.91 Å². The van der Waals surface area contributed by atoms with Crippen LogP contribution < -0.4 is 9.64 Å². The number of ketones is 1. The molecule has 6 rings (SSSR count). The van der Waals surface area contributed by atoms with Crippen LogP contribution in [0.25, 0.3) is 16.0 Å². The fraction of sp³-hybridized carbons (Fsp3) is 0.281. The average molecular weight is 539 g/mol. The summed E-state index contributed by atoms with van der Waals surface area (Å²) in [6, 6.07) is 18.4. The number of rotatable bonds is 3. The molecule has 1 aromatic heterocycles. The van der Waals surface area contributed by atoms with E-state index in [1.807, 2.05) is 68.4 Å². The standard InChI is InChI=1S/C32H30N2O4S/c1-17-6-12-23-25(14-17)39-31(33-23)34-27(19-7-10-22(11-8-19)32(3,4)5)26(29(36)30(34)37)28(35)20-9-13-24-21(16-20)15-18(2)38-24/h6-14,16,18,27,35H,15H2,1-5H3. The van der Waals surface area contributed by atoms with Crippen LogP contribution in [0.4, 0.5) is 5.13 Å². The summed E-state index contributed by atoms with van der Waals surface area (Å²) in [5.41, 5.74) is 5.17. The number of aliphatic hydroxyl groups is 1. The largest absolute Gasteiger partial charge is 0.507 e. The Labute approximate surface area is 231 Å². The maximum absolute atomic E-state index is 13.6. The van der Waals surface area contributed by atoms with Gasteiger partial charge in [-0.15, -0.1) is 0 Å². The minimum absolute atomic E-state index is 0.0481. The van der Waals surface area contributed by atoms with E-state index in [4.69, 9.17) is 9.72 Å². The van der Waals surface area contributed by atoms with Gasteiger partial charge in [-0.3, -0.25) is 14.5 Å². The zero-order valence-electron chi connectivity index (χ0n) is 22.6. The number of aryl methyl sites for hydroxylation is 1. The first kappa shape index (κ1) is 25.3. The van der Waals surface area contributed by atoms with E-state index in [1.165, 1.54) is 16.2 Å².